The number of amides is 1. The molecule has 0 bridgehead atoms. The maximum Gasteiger partial charge on any atom is 0.259 e. The zero-order valence-corrected chi connectivity index (χ0v) is 25.0. The first-order chi connectivity index (χ1) is 19.7. The molecule has 5 nitrogen and oxygen atoms in total. The molecule has 5 rings (SSSR count). The van der Waals surface area contributed by atoms with E-state index >= 15 is 0 Å². The van der Waals surface area contributed by atoms with Gasteiger partial charge in [-0.1, -0.05) is 50.6 Å². The largest absolute Gasteiger partial charge is 0.489 e. The number of thiophene rings is 1. The molecule has 0 radical (unpaired) electrons. The Bertz CT molecular complexity index is 1610. The summed E-state index contributed by atoms with van der Waals surface area (Å²) in [5.74, 6) is 1.12. The van der Waals surface area contributed by atoms with E-state index in [1.807, 2.05) is 42.5 Å². The molecular weight excluding hydrogens is 550 g/mol. The second kappa shape index (κ2) is 12.3. The first-order valence-corrected chi connectivity index (χ1v) is 14.9. The molecule has 41 heavy (non-hydrogen) atoms. The van der Waals surface area contributed by atoms with Crippen LogP contribution in [0, 0.1) is 22.7 Å². The Kier molecular flexibility index (Phi) is 8.58. The Morgan fingerprint density at radius 2 is 1.85 bits per heavy atom. The number of nitriles is 1. The van der Waals surface area contributed by atoms with Gasteiger partial charge in [0.05, 0.1) is 17.2 Å². The molecule has 7 heteroatoms. The molecular formula is C34H32ClN3O2S. The van der Waals surface area contributed by atoms with E-state index in [-0.39, 0.29) is 11.3 Å². The monoisotopic (exact) mass is 581 g/mol. The molecule has 1 aromatic heterocycles. The van der Waals surface area contributed by atoms with Crippen LogP contribution in [0.25, 0.3) is 0 Å². The molecule has 1 aliphatic carbocycles. The molecule has 0 aliphatic heterocycles. The van der Waals surface area contributed by atoms with Crippen LogP contribution in [-0.2, 0) is 19.4 Å². The number of nitrogens with one attached hydrogen (secondary N) is 1. The molecule has 208 valence electrons. The van der Waals surface area contributed by atoms with E-state index in [0.717, 1.165) is 41.0 Å². The number of rotatable bonds is 7. The van der Waals surface area contributed by atoms with Crippen LogP contribution in [-0.4, -0.2) is 12.1 Å². The van der Waals surface area contributed by atoms with Crippen LogP contribution in [0.3, 0.4) is 0 Å². The van der Waals surface area contributed by atoms with E-state index in [1.165, 1.54) is 4.88 Å². The first-order valence-electron chi connectivity index (χ1n) is 13.7. The zero-order valence-electron chi connectivity index (χ0n) is 23.4. The van der Waals surface area contributed by atoms with Gasteiger partial charge >= 0.3 is 0 Å². The fourth-order valence-electron chi connectivity index (χ4n) is 5.06. The Labute approximate surface area is 250 Å². The highest BCUT2D eigenvalue weighted by Crippen LogP contribution is 2.45. The van der Waals surface area contributed by atoms with Crippen molar-refractivity contribution >= 4 is 45.7 Å². The summed E-state index contributed by atoms with van der Waals surface area (Å²) in [4.78, 5) is 19.7. The third kappa shape index (κ3) is 6.87. The van der Waals surface area contributed by atoms with Crippen LogP contribution in [0.1, 0.15) is 64.7 Å². The van der Waals surface area contributed by atoms with Gasteiger partial charge in [-0.15, -0.1) is 11.3 Å². The lowest BCUT2D eigenvalue weighted by atomic mass is 9.72. The van der Waals surface area contributed by atoms with E-state index in [9.17, 15) is 10.1 Å². The molecule has 0 saturated heterocycles. The quantitative estimate of drug-likeness (QED) is 0.221. The number of carbonyl (C=O) groups is 1. The summed E-state index contributed by atoms with van der Waals surface area (Å²) in [6, 6.07) is 24.4. The van der Waals surface area contributed by atoms with Crippen LogP contribution in [0.4, 0.5) is 10.7 Å². The predicted octanol–water partition coefficient (Wildman–Crippen LogP) is 9.01. The number of carbonyl (C=O) groups excluding carboxylic acids is 1. The van der Waals surface area contributed by atoms with E-state index in [2.05, 4.69) is 32.2 Å². The Hall–Kier alpha value is -3.92. The molecule has 0 fully saturated rings. The van der Waals surface area contributed by atoms with Crippen LogP contribution in [0.5, 0.6) is 5.75 Å². The molecule has 0 unspecified atom stereocenters. The first kappa shape index (κ1) is 28.6. The number of hydrogen-bond acceptors (Lipinski definition) is 5. The lowest BCUT2D eigenvalue weighted by molar-refractivity contribution is 0.102. The number of anilines is 1. The van der Waals surface area contributed by atoms with Crippen LogP contribution in [0.15, 0.2) is 77.8 Å². The standard InChI is InChI=1S/C34H32ClN3O2S/c1-34(2,3)25-10-17-29-30(18-25)41-33(31(29)32(39)38-27-13-11-26(35)12-14-27)37-20-22-8-15-28(16-9-22)40-21-24-7-5-4-6-23(24)19-36/h4-9,11-16,20,25H,10,17-18,21H2,1-3H3,(H,38,39)/t25-/m1/s1. The molecule has 0 spiro atoms. The normalized spacial score (nSPS) is 14.9. The average molecular weight is 582 g/mol. The third-order valence-electron chi connectivity index (χ3n) is 7.54. The highest BCUT2D eigenvalue weighted by atomic mass is 35.5. The summed E-state index contributed by atoms with van der Waals surface area (Å²) in [5, 5.41) is 13.7. The summed E-state index contributed by atoms with van der Waals surface area (Å²) in [5.41, 5.74) is 5.05. The number of aliphatic imine (C=N–C) groups is 1. The van der Waals surface area contributed by atoms with Crippen molar-refractivity contribution in [3.05, 3.63) is 111 Å². The fourth-order valence-corrected chi connectivity index (χ4v) is 6.46. The van der Waals surface area contributed by atoms with Crippen molar-refractivity contribution in [1.29, 1.82) is 5.26 Å². The maximum atomic E-state index is 13.6. The van der Waals surface area contributed by atoms with Gasteiger partial charge in [0.15, 0.2) is 0 Å². The number of hydrogen-bond donors (Lipinski definition) is 1. The Morgan fingerprint density at radius 3 is 2.56 bits per heavy atom. The summed E-state index contributed by atoms with van der Waals surface area (Å²) in [7, 11) is 0. The van der Waals surface area contributed by atoms with Gasteiger partial charge in [-0.25, -0.2) is 4.99 Å². The van der Waals surface area contributed by atoms with Crippen molar-refractivity contribution in [2.24, 2.45) is 16.3 Å². The highest BCUT2D eigenvalue weighted by molar-refractivity contribution is 7.16. The summed E-state index contributed by atoms with van der Waals surface area (Å²) < 4.78 is 5.90. The van der Waals surface area contributed by atoms with Gasteiger partial charge in [0.2, 0.25) is 0 Å². The summed E-state index contributed by atoms with van der Waals surface area (Å²) in [6.07, 6.45) is 4.68. The number of ether oxygens (including phenoxy) is 1. The maximum absolute atomic E-state index is 13.6. The Balaban J connectivity index is 1.36. The molecule has 1 atom stereocenters. The van der Waals surface area contributed by atoms with Crippen molar-refractivity contribution in [1.82, 2.24) is 0 Å². The molecule has 4 aromatic rings. The number of nitrogens with zero attached hydrogens (tertiary/aromatic N) is 2. The van der Waals surface area contributed by atoms with Gasteiger partial charge in [0.1, 0.15) is 17.4 Å². The van der Waals surface area contributed by atoms with Crippen molar-refractivity contribution in [3.63, 3.8) is 0 Å². The lowest BCUT2D eigenvalue weighted by Crippen LogP contribution is -2.27. The van der Waals surface area contributed by atoms with E-state index in [1.54, 1.807) is 47.9 Å². The molecule has 1 N–H and O–H groups in total. The number of benzene rings is 3. The predicted molar refractivity (Wildman–Crippen MR) is 168 cm³/mol. The van der Waals surface area contributed by atoms with Crippen molar-refractivity contribution in [2.45, 2.75) is 46.6 Å². The second-order valence-corrected chi connectivity index (χ2v) is 12.9. The van der Waals surface area contributed by atoms with Crippen LogP contribution in [0.2, 0.25) is 5.02 Å². The smallest absolute Gasteiger partial charge is 0.259 e. The fraction of sp³-hybridized carbons (Fsp3) is 0.265. The summed E-state index contributed by atoms with van der Waals surface area (Å²) >= 11 is 7.66. The SMILES string of the molecule is CC(C)(C)[C@@H]1CCc2c(sc(N=Cc3ccc(OCc4ccccc4C#N)cc3)c2C(=O)Nc2ccc(Cl)cc2)C1. The molecule has 3 aromatic carbocycles. The minimum atomic E-state index is -0.146. The average Bonchev–Trinajstić information content (AvgIpc) is 3.34. The molecule has 0 saturated carbocycles. The second-order valence-electron chi connectivity index (χ2n) is 11.3. The van der Waals surface area contributed by atoms with Gasteiger partial charge in [0, 0.05) is 27.4 Å². The van der Waals surface area contributed by atoms with Gasteiger partial charge in [-0.2, -0.15) is 5.26 Å². The topological polar surface area (TPSA) is 74.5 Å². The minimum absolute atomic E-state index is 0.146. The highest BCUT2D eigenvalue weighted by Gasteiger charge is 2.33. The van der Waals surface area contributed by atoms with Gasteiger partial charge in [0.25, 0.3) is 5.91 Å². The lowest BCUT2D eigenvalue weighted by Gasteiger charge is -2.33. The van der Waals surface area contributed by atoms with E-state index in [4.69, 9.17) is 21.3 Å². The molecule has 1 amide bonds. The van der Waals surface area contributed by atoms with E-state index in [0.29, 0.717) is 40.1 Å². The van der Waals surface area contributed by atoms with Gasteiger partial charge < -0.3 is 10.1 Å². The summed E-state index contributed by atoms with van der Waals surface area (Å²) in [6.45, 7) is 7.19. The minimum Gasteiger partial charge on any atom is -0.489 e. The molecule has 1 heterocycles. The van der Waals surface area contributed by atoms with Gasteiger partial charge in [-0.3, -0.25) is 4.79 Å². The number of halogens is 1. The zero-order chi connectivity index (χ0) is 29.0. The van der Waals surface area contributed by atoms with Crippen molar-refractivity contribution in [3.8, 4) is 11.8 Å². The Morgan fingerprint density at radius 1 is 1.12 bits per heavy atom. The van der Waals surface area contributed by atoms with Crippen LogP contribution >= 0.6 is 22.9 Å². The van der Waals surface area contributed by atoms with E-state index < -0.39 is 0 Å². The van der Waals surface area contributed by atoms with Crippen molar-refractivity contribution < 1.29 is 9.53 Å². The third-order valence-corrected chi connectivity index (χ3v) is 8.96. The number of fused-ring (bicyclic) bond motifs is 1. The van der Waals surface area contributed by atoms with Gasteiger partial charge in [-0.05, 0) is 96.3 Å². The van der Waals surface area contributed by atoms with Crippen LogP contribution < -0.4 is 10.1 Å². The van der Waals surface area contributed by atoms with Crippen molar-refractivity contribution in [2.75, 3.05) is 5.32 Å². The molecule has 1 aliphatic rings.